The van der Waals surface area contributed by atoms with Crippen LogP contribution in [-0.2, 0) is 6.61 Å². The Kier molecular flexibility index (Phi) is 3.72. The molecule has 0 atom stereocenters. The molecule has 2 aromatic rings. The van der Waals surface area contributed by atoms with Gasteiger partial charge in [0, 0.05) is 0 Å². The molecular weight excluding hydrogens is 253 g/mol. The van der Waals surface area contributed by atoms with Crippen molar-refractivity contribution in [3.8, 4) is 11.6 Å². The summed E-state index contributed by atoms with van der Waals surface area (Å²) < 4.78 is 18.2. The van der Waals surface area contributed by atoms with E-state index in [9.17, 15) is 9.18 Å². The van der Waals surface area contributed by atoms with Crippen molar-refractivity contribution < 1.29 is 24.1 Å². The lowest BCUT2D eigenvalue weighted by Gasteiger charge is -2.08. The number of aliphatic hydroxyl groups excluding tert-OH is 1. The maximum absolute atomic E-state index is 13.0. The maximum Gasteiger partial charge on any atom is 0.341 e. The molecule has 2 N–H and O–H groups in total. The van der Waals surface area contributed by atoms with E-state index in [2.05, 4.69) is 4.98 Å². The molecule has 98 valence electrons. The molecule has 0 radical (unpaired) electrons. The summed E-state index contributed by atoms with van der Waals surface area (Å²) in [6.45, 7) is -0.167. The zero-order chi connectivity index (χ0) is 13.8. The second-order valence-corrected chi connectivity index (χ2v) is 3.72. The highest BCUT2D eigenvalue weighted by atomic mass is 19.1. The lowest BCUT2D eigenvalue weighted by molar-refractivity contribution is 0.0692. The van der Waals surface area contributed by atoms with Gasteiger partial charge in [-0.15, -0.1) is 0 Å². The van der Waals surface area contributed by atoms with Crippen LogP contribution < -0.4 is 4.74 Å². The maximum atomic E-state index is 13.0. The molecule has 2 rings (SSSR count). The molecule has 0 spiro atoms. The summed E-state index contributed by atoms with van der Waals surface area (Å²) in [7, 11) is 0. The molecule has 0 saturated heterocycles. The number of hydrogen-bond acceptors (Lipinski definition) is 4. The van der Waals surface area contributed by atoms with Crippen LogP contribution in [0.1, 0.15) is 15.9 Å². The van der Waals surface area contributed by atoms with Crippen LogP contribution in [0.3, 0.4) is 0 Å². The molecule has 6 heteroatoms. The van der Waals surface area contributed by atoms with Gasteiger partial charge >= 0.3 is 5.97 Å². The smallest absolute Gasteiger partial charge is 0.341 e. The van der Waals surface area contributed by atoms with Crippen molar-refractivity contribution in [2.75, 3.05) is 0 Å². The van der Waals surface area contributed by atoms with Crippen molar-refractivity contribution in [3.63, 3.8) is 0 Å². The molecule has 0 aliphatic heterocycles. The first-order chi connectivity index (χ1) is 9.10. The summed E-state index contributed by atoms with van der Waals surface area (Å²) in [6.07, 6.45) is 0.873. The summed E-state index contributed by atoms with van der Waals surface area (Å²) in [5.41, 5.74) is 0.242. The number of nitrogens with zero attached hydrogens (tertiary/aromatic N) is 1. The Bertz CT molecular complexity index is 615. The first kappa shape index (κ1) is 13.0. The van der Waals surface area contributed by atoms with Crippen LogP contribution in [0.2, 0.25) is 0 Å². The van der Waals surface area contributed by atoms with Gasteiger partial charge in [-0.25, -0.2) is 14.2 Å². The van der Waals surface area contributed by atoms with Crippen LogP contribution >= 0.6 is 0 Å². The Morgan fingerprint density at radius 3 is 2.84 bits per heavy atom. The van der Waals surface area contributed by atoms with E-state index in [-0.39, 0.29) is 18.1 Å². The molecule has 0 fully saturated rings. The van der Waals surface area contributed by atoms with Gasteiger partial charge < -0.3 is 14.9 Å². The summed E-state index contributed by atoms with van der Waals surface area (Å²) >= 11 is 0. The fourth-order valence-electron chi connectivity index (χ4n) is 1.48. The largest absolute Gasteiger partial charge is 0.477 e. The number of aliphatic hydroxyl groups is 1. The van der Waals surface area contributed by atoms with Gasteiger partial charge in [-0.2, -0.15) is 0 Å². The molecule has 1 aromatic carbocycles. The third kappa shape index (κ3) is 3.05. The zero-order valence-electron chi connectivity index (χ0n) is 9.71. The van der Waals surface area contributed by atoms with Gasteiger partial charge in [-0.05, 0) is 23.8 Å². The molecule has 0 aliphatic carbocycles. The summed E-state index contributed by atoms with van der Waals surface area (Å²) in [4.78, 5) is 14.6. The number of aromatic carboxylic acids is 1. The van der Waals surface area contributed by atoms with E-state index in [1.54, 1.807) is 18.2 Å². The Hall–Kier alpha value is -2.47. The van der Waals surface area contributed by atoms with Gasteiger partial charge in [-0.1, -0.05) is 12.1 Å². The number of rotatable bonds is 4. The van der Waals surface area contributed by atoms with E-state index in [4.69, 9.17) is 14.9 Å². The summed E-state index contributed by atoms with van der Waals surface area (Å²) in [5.74, 6) is -1.98. The fraction of sp³-hybridized carbons (Fsp3) is 0.0769. The lowest BCUT2D eigenvalue weighted by Crippen LogP contribution is -2.03. The second-order valence-electron chi connectivity index (χ2n) is 3.72. The number of benzene rings is 1. The van der Waals surface area contributed by atoms with Crippen LogP contribution in [0.5, 0.6) is 11.6 Å². The number of pyridine rings is 1. The number of carbonyl (C=O) groups is 1. The van der Waals surface area contributed by atoms with Gasteiger partial charge in [0.2, 0.25) is 5.88 Å². The molecule has 0 saturated carbocycles. The van der Waals surface area contributed by atoms with Crippen LogP contribution in [0.25, 0.3) is 0 Å². The molecule has 0 bridgehead atoms. The third-order valence-electron chi connectivity index (χ3n) is 2.34. The van der Waals surface area contributed by atoms with Crippen LogP contribution in [0.4, 0.5) is 4.39 Å². The van der Waals surface area contributed by atoms with Gasteiger partial charge in [0.25, 0.3) is 0 Å². The highest BCUT2D eigenvalue weighted by molar-refractivity contribution is 5.90. The highest BCUT2D eigenvalue weighted by Gasteiger charge is 2.15. The number of hydrogen-bond donors (Lipinski definition) is 2. The Labute approximate surface area is 107 Å². The normalized spacial score (nSPS) is 10.2. The summed E-state index contributed by atoms with van der Waals surface area (Å²) in [5, 5.41) is 17.9. The number of halogens is 1. The van der Waals surface area contributed by atoms with Crippen LogP contribution in [0.15, 0.2) is 36.5 Å². The van der Waals surface area contributed by atoms with Gasteiger partial charge in [-0.3, -0.25) is 0 Å². The average molecular weight is 263 g/mol. The highest BCUT2D eigenvalue weighted by Crippen LogP contribution is 2.24. The molecular formula is C13H10FNO4. The molecule has 1 heterocycles. The monoisotopic (exact) mass is 263 g/mol. The van der Waals surface area contributed by atoms with E-state index in [0.29, 0.717) is 11.3 Å². The van der Waals surface area contributed by atoms with Crippen molar-refractivity contribution in [1.29, 1.82) is 0 Å². The minimum absolute atomic E-state index is 0.167. The van der Waals surface area contributed by atoms with Gasteiger partial charge in [0.1, 0.15) is 17.1 Å². The van der Waals surface area contributed by atoms with Crippen molar-refractivity contribution in [2.24, 2.45) is 0 Å². The predicted molar refractivity (Wildman–Crippen MR) is 63.6 cm³/mol. The zero-order valence-corrected chi connectivity index (χ0v) is 9.71. The van der Waals surface area contributed by atoms with Crippen molar-refractivity contribution >= 4 is 5.97 Å². The minimum Gasteiger partial charge on any atom is -0.477 e. The van der Waals surface area contributed by atoms with Gasteiger partial charge in [0.05, 0.1) is 12.8 Å². The van der Waals surface area contributed by atoms with Crippen LogP contribution in [-0.4, -0.2) is 21.2 Å². The Morgan fingerprint density at radius 2 is 2.16 bits per heavy atom. The number of carboxylic acid groups (broad SMARTS) is 1. The van der Waals surface area contributed by atoms with E-state index in [1.165, 1.54) is 6.07 Å². The molecule has 5 nitrogen and oxygen atoms in total. The van der Waals surface area contributed by atoms with Crippen molar-refractivity contribution in [2.45, 2.75) is 6.61 Å². The van der Waals surface area contributed by atoms with Crippen molar-refractivity contribution in [3.05, 3.63) is 53.5 Å². The molecule has 0 unspecified atom stereocenters. The minimum atomic E-state index is -1.33. The first-order valence-corrected chi connectivity index (χ1v) is 5.36. The topological polar surface area (TPSA) is 79.7 Å². The van der Waals surface area contributed by atoms with Crippen molar-refractivity contribution in [1.82, 2.24) is 4.98 Å². The van der Waals surface area contributed by atoms with E-state index >= 15 is 0 Å². The fourth-order valence-corrected chi connectivity index (χ4v) is 1.48. The molecule has 0 aliphatic rings. The molecule has 0 amide bonds. The SMILES string of the molecule is O=C(O)c1cc(F)cnc1Oc1cccc(CO)c1. The van der Waals surface area contributed by atoms with E-state index in [0.717, 1.165) is 12.3 Å². The predicted octanol–water partition coefficient (Wildman–Crippen LogP) is 2.20. The quantitative estimate of drug-likeness (QED) is 0.884. The Morgan fingerprint density at radius 1 is 1.37 bits per heavy atom. The first-order valence-electron chi connectivity index (χ1n) is 5.36. The standard InChI is InChI=1S/C13H10FNO4/c14-9-5-11(13(17)18)12(15-6-9)19-10-3-1-2-8(4-10)7-16/h1-6,16H,7H2,(H,17,18). The number of ether oxygens (including phenoxy) is 1. The second kappa shape index (κ2) is 5.45. The molecule has 1 aromatic heterocycles. The van der Waals surface area contributed by atoms with E-state index in [1.807, 2.05) is 0 Å². The summed E-state index contributed by atoms with van der Waals surface area (Å²) in [6, 6.07) is 7.28. The molecule has 19 heavy (non-hydrogen) atoms. The van der Waals surface area contributed by atoms with Gasteiger partial charge in [0.15, 0.2) is 0 Å². The lowest BCUT2D eigenvalue weighted by atomic mass is 10.2. The average Bonchev–Trinajstić information content (AvgIpc) is 2.41. The van der Waals surface area contributed by atoms with Crippen LogP contribution in [0, 0.1) is 5.82 Å². The Balaban J connectivity index is 2.34. The number of carboxylic acids is 1. The third-order valence-corrected chi connectivity index (χ3v) is 2.34. The van der Waals surface area contributed by atoms with E-state index < -0.39 is 11.8 Å². The number of aromatic nitrogens is 1.